The van der Waals surface area contributed by atoms with Gasteiger partial charge >= 0.3 is 6.03 Å². The Hall–Kier alpha value is -2.54. The topological polar surface area (TPSA) is 70.7 Å². The number of hydrogen-bond acceptors (Lipinski definition) is 4. The Balaban J connectivity index is 1.78. The van der Waals surface area contributed by atoms with Crippen LogP contribution in [0.2, 0.25) is 0 Å². The Labute approximate surface area is 176 Å². The molecule has 2 heterocycles. The van der Waals surface area contributed by atoms with E-state index in [1.807, 2.05) is 17.5 Å². The number of piperidine rings is 1. The molecule has 2 aromatic rings. The Bertz CT molecular complexity index is 859. The quantitative estimate of drug-likeness (QED) is 0.707. The molecule has 0 saturated carbocycles. The molecule has 29 heavy (non-hydrogen) atoms. The van der Waals surface area contributed by atoms with Gasteiger partial charge in [0.15, 0.2) is 0 Å². The summed E-state index contributed by atoms with van der Waals surface area (Å²) >= 11 is 1.63. The SMILES string of the molecule is COc1ccc(NC(=O)N[C@H](c2cccs2)C(C)(C)C)cc1N1CCCCC1=O. The zero-order chi connectivity index (χ0) is 21.0. The summed E-state index contributed by atoms with van der Waals surface area (Å²) in [7, 11) is 1.59. The molecule has 0 spiro atoms. The van der Waals surface area contributed by atoms with Crippen LogP contribution >= 0.6 is 11.3 Å². The summed E-state index contributed by atoms with van der Waals surface area (Å²) in [4.78, 5) is 28.0. The number of nitrogens with one attached hydrogen (secondary N) is 2. The van der Waals surface area contributed by atoms with E-state index in [1.54, 1.807) is 41.5 Å². The van der Waals surface area contributed by atoms with Crippen molar-refractivity contribution >= 4 is 34.6 Å². The Morgan fingerprint density at radius 2 is 2.03 bits per heavy atom. The number of benzene rings is 1. The van der Waals surface area contributed by atoms with Crippen LogP contribution in [0.5, 0.6) is 5.75 Å². The Morgan fingerprint density at radius 1 is 1.24 bits per heavy atom. The van der Waals surface area contributed by atoms with Crippen LogP contribution in [0, 0.1) is 5.41 Å². The van der Waals surface area contributed by atoms with Gasteiger partial charge in [-0.05, 0) is 47.9 Å². The number of rotatable bonds is 5. The molecule has 1 aromatic heterocycles. The molecule has 1 aliphatic rings. The highest BCUT2D eigenvalue weighted by atomic mass is 32.1. The lowest BCUT2D eigenvalue weighted by Crippen LogP contribution is -2.39. The highest BCUT2D eigenvalue weighted by Gasteiger charge is 2.29. The number of carbonyl (C=O) groups is 2. The van der Waals surface area contributed by atoms with Gasteiger partial charge in [0, 0.05) is 23.5 Å². The number of anilines is 2. The average Bonchev–Trinajstić information content (AvgIpc) is 3.20. The van der Waals surface area contributed by atoms with Crippen molar-refractivity contribution in [2.45, 2.75) is 46.1 Å². The highest BCUT2D eigenvalue weighted by Crippen LogP contribution is 2.36. The smallest absolute Gasteiger partial charge is 0.319 e. The molecule has 6 nitrogen and oxygen atoms in total. The largest absolute Gasteiger partial charge is 0.495 e. The van der Waals surface area contributed by atoms with Gasteiger partial charge in [0.25, 0.3) is 0 Å². The van der Waals surface area contributed by atoms with Gasteiger partial charge in [0.05, 0.1) is 18.8 Å². The average molecular weight is 416 g/mol. The summed E-state index contributed by atoms with van der Waals surface area (Å²) in [6.07, 6.45) is 2.41. The number of thiophene rings is 1. The summed E-state index contributed by atoms with van der Waals surface area (Å²) in [6, 6.07) is 9.01. The van der Waals surface area contributed by atoms with Crippen molar-refractivity contribution in [1.82, 2.24) is 5.32 Å². The van der Waals surface area contributed by atoms with E-state index in [1.165, 1.54) is 0 Å². The zero-order valence-corrected chi connectivity index (χ0v) is 18.3. The molecule has 3 amide bonds. The molecule has 1 aliphatic heterocycles. The van der Waals surface area contributed by atoms with Crippen LogP contribution in [-0.2, 0) is 4.79 Å². The molecule has 156 valence electrons. The second kappa shape index (κ2) is 8.86. The van der Waals surface area contributed by atoms with Gasteiger partial charge in [-0.1, -0.05) is 26.8 Å². The Kier molecular flexibility index (Phi) is 6.47. The van der Waals surface area contributed by atoms with Crippen LogP contribution in [0.1, 0.15) is 51.0 Å². The standard InChI is InChI=1S/C22H29N3O3S/c1-22(2,3)20(18-8-7-13-29-18)24-21(27)23-15-10-11-17(28-4)16(14-15)25-12-6-5-9-19(25)26/h7-8,10-11,13-14,20H,5-6,9,12H2,1-4H3,(H2,23,24,27)/t20-/m1/s1. The van der Waals surface area contributed by atoms with E-state index in [9.17, 15) is 9.59 Å². The van der Waals surface area contributed by atoms with Crippen molar-refractivity contribution < 1.29 is 14.3 Å². The minimum atomic E-state index is -0.278. The third-order valence-electron chi connectivity index (χ3n) is 5.02. The van der Waals surface area contributed by atoms with Crippen molar-refractivity contribution in [3.05, 3.63) is 40.6 Å². The first kappa shape index (κ1) is 21.2. The molecule has 2 N–H and O–H groups in total. The summed E-state index contributed by atoms with van der Waals surface area (Å²) in [5.41, 5.74) is 1.18. The van der Waals surface area contributed by atoms with Gasteiger partial charge in [0.2, 0.25) is 5.91 Å². The van der Waals surface area contributed by atoms with Crippen molar-refractivity contribution in [3.8, 4) is 5.75 Å². The van der Waals surface area contributed by atoms with E-state index >= 15 is 0 Å². The minimum absolute atomic E-state index is 0.0849. The maximum Gasteiger partial charge on any atom is 0.319 e. The molecule has 1 fully saturated rings. The number of ether oxygens (including phenoxy) is 1. The van der Waals surface area contributed by atoms with Gasteiger partial charge in [0.1, 0.15) is 5.75 Å². The Morgan fingerprint density at radius 3 is 2.66 bits per heavy atom. The van der Waals surface area contributed by atoms with Crippen molar-refractivity contribution in [1.29, 1.82) is 0 Å². The van der Waals surface area contributed by atoms with Crippen molar-refractivity contribution in [2.24, 2.45) is 5.41 Å². The number of carbonyl (C=O) groups excluding carboxylic acids is 2. The van der Waals surface area contributed by atoms with Crippen LogP contribution in [0.4, 0.5) is 16.2 Å². The van der Waals surface area contributed by atoms with Crippen LogP contribution in [-0.4, -0.2) is 25.6 Å². The lowest BCUT2D eigenvalue weighted by Gasteiger charge is -2.31. The van der Waals surface area contributed by atoms with Gasteiger partial charge in [-0.3, -0.25) is 4.79 Å². The predicted molar refractivity (Wildman–Crippen MR) is 118 cm³/mol. The first-order valence-corrected chi connectivity index (χ1v) is 10.8. The zero-order valence-electron chi connectivity index (χ0n) is 17.5. The molecular formula is C22H29N3O3S. The van der Waals surface area contributed by atoms with Gasteiger partial charge < -0.3 is 20.3 Å². The molecule has 7 heteroatoms. The second-order valence-electron chi connectivity index (χ2n) is 8.30. The van der Waals surface area contributed by atoms with Crippen LogP contribution in [0.25, 0.3) is 0 Å². The summed E-state index contributed by atoms with van der Waals surface area (Å²) in [5.74, 6) is 0.707. The van der Waals surface area contributed by atoms with E-state index in [2.05, 4.69) is 31.4 Å². The molecule has 1 saturated heterocycles. The first-order valence-electron chi connectivity index (χ1n) is 9.89. The fourth-order valence-electron chi connectivity index (χ4n) is 3.51. The molecule has 0 aliphatic carbocycles. The fraction of sp³-hybridized carbons (Fsp3) is 0.455. The molecule has 0 unspecified atom stereocenters. The van der Waals surface area contributed by atoms with E-state index in [-0.39, 0.29) is 23.4 Å². The number of hydrogen-bond donors (Lipinski definition) is 2. The van der Waals surface area contributed by atoms with Crippen LogP contribution in [0.15, 0.2) is 35.7 Å². The van der Waals surface area contributed by atoms with Crippen molar-refractivity contribution in [2.75, 3.05) is 23.9 Å². The molecule has 1 atom stereocenters. The van der Waals surface area contributed by atoms with Gasteiger partial charge in [-0.15, -0.1) is 11.3 Å². The monoisotopic (exact) mass is 415 g/mol. The van der Waals surface area contributed by atoms with Gasteiger partial charge in [-0.2, -0.15) is 0 Å². The first-order chi connectivity index (χ1) is 13.8. The second-order valence-corrected chi connectivity index (χ2v) is 9.28. The van der Waals surface area contributed by atoms with E-state index < -0.39 is 0 Å². The molecular weight excluding hydrogens is 386 g/mol. The third kappa shape index (κ3) is 5.09. The molecule has 0 bridgehead atoms. The third-order valence-corrected chi connectivity index (χ3v) is 5.96. The van der Waals surface area contributed by atoms with Crippen LogP contribution in [0.3, 0.4) is 0 Å². The molecule has 0 radical (unpaired) electrons. The number of urea groups is 1. The maximum absolute atomic E-state index is 12.7. The normalized spacial score (nSPS) is 15.7. The predicted octanol–water partition coefficient (Wildman–Crippen LogP) is 5.18. The van der Waals surface area contributed by atoms with Gasteiger partial charge in [-0.25, -0.2) is 4.79 Å². The maximum atomic E-state index is 12.7. The molecule has 3 rings (SSSR count). The number of methoxy groups -OCH3 is 1. The number of nitrogens with zero attached hydrogens (tertiary/aromatic N) is 1. The lowest BCUT2D eigenvalue weighted by atomic mass is 9.86. The summed E-state index contributed by atoms with van der Waals surface area (Å²) in [6.45, 7) is 6.97. The summed E-state index contributed by atoms with van der Waals surface area (Å²) < 4.78 is 5.44. The van der Waals surface area contributed by atoms with Crippen molar-refractivity contribution in [3.63, 3.8) is 0 Å². The van der Waals surface area contributed by atoms with E-state index in [0.717, 1.165) is 17.7 Å². The van der Waals surface area contributed by atoms with E-state index in [4.69, 9.17) is 4.74 Å². The molecule has 1 aromatic carbocycles. The lowest BCUT2D eigenvalue weighted by molar-refractivity contribution is -0.119. The minimum Gasteiger partial charge on any atom is -0.495 e. The van der Waals surface area contributed by atoms with E-state index in [0.29, 0.717) is 30.1 Å². The highest BCUT2D eigenvalue weighted by molar-refractivity contribution is 7.10. The number of amides is 3. The fourth-order valence-corrected chi connectivity index (χ4v) is 4.53. The van der Waals surface area contributed by atoms with Crippen LogP contribution < -0.4 is 20.3 Å². The summed E-state index contributed by atoms with van der Waals surface area (Å²) in [5, 5.41) is 8.02.